The first kappa shape index (κ1) is 34.2. The average Bonchev–Trinajstić information content (AvgIpc) is 3.35. The van der Waals surface area contributed by atoms with Crippen LogP contribution in [0.5, 0.6) is 0 Å². The number of nitrogens with one attached hydrogen (secondary N) is 3. The number of hydrogen-bond acceptors (Lipinski definition) is 10. The van der Waals surface area contributed by atoms with E-state index >= 15 is 0 Å². The van der Waals surface area contributed by atoms with Gasteiger partial charge in [-0.3, -0.25) is 9.59 Å². The minimum Gasteiger partial charge on any atom is -0.464 e. The van der Waals surface area contributed by atoms with Gasteiger partial charge >= 0.3 is 12.1 Å². The van der Waals surface area contributed by atoms with Crippen molar-refractivity contribution in [1.29, 1.82) is 0 Å². The molecule has 12 nitrogen and oxygen atoms in total. The predicted molar refractivity (Wildman–Crippen MR) is 160 cm³/mol. The van der Waals surface area contributed by atoms with Crippen LogP contribution in [0, 0.1) is 0 Å². The van der Waals surface area contributed by atoms with E-state index in [9.17, 15) is 19.2 Å². The van der Waals surface area contributed by atoms with Crippen molar-refractivity contribution in [2.75, 3.05) is 31.7 Å². The first-order valence-corrected chi connectivity index (χ1v) is 17.3. The van der Waals surface area contributed by atoms with Gasteiger partial charge in [0.15, 0.2) is 13.4 Å². The Labute approximate surface area is 247 Å². The van der Waals surface area contributed by atoms with Gasteiger partial charge in [0.1, 0.15) is 23.0 Å². The molecular formula is C27H45N5O7SSi. The lowest BCUT2D eigenvalue weighted by atomic mass is 10.1. The van der Waals surface area contributed by atoms with E-state index in [0.717, 1.165) is 0 Å². The van der Waals surface area contributed by atoms with Crippen LogP contribution < -0.4 is 20.9 Å². The maximum Gasteiger partial charge on any atom is 0.407 e. The number of hydrogen-bond donors (Lipinski definition) is 3. The summed E-state index contributed by atoms with van der Waals surface area (Å²) in [5.41, 5.74) is -0.644. The second-order valence-electron chi connectivity index (χ2n) is 12.5. The van der Waals surface area contributed by atoms with Crippen LogP contribution in [-0.4, -0.2) is 81.7 Å². The van der Waals surface area contributed by atoms with Crippen molar-refractivity contribution in [1.82, 2.24) is 20.9 Å². The van der Waals surface area contributed by atoms with Gasteiger partial charge in [-0.2, -0.15) is 0 Å². The first-order chi connectivity index (χ1) is 18.8. The third kappa shape index (κ3) is 10.4. The highest BCUT2D eigenvalue weighted by Gasteiger charge is 2.39. The van der Waals surface area contributed by atoms with Crippen LogP contribution in [0.3, 0.4) is 0 Å². The largest absolute Gasteiger partial charge is 0.464 e. The molecule has 0 aromatic carbocycles. The third-order valence-electron chi connectivity index (χ3n) is 6.96. The summed E-state index contributed by atoms with van der Waals surface area (Å²) in [6.07, 6.45) is 0.977. The Morgan fingerprint density at radius 1 is 1.15 bits per heavy atom. The number of amides is 3. The summed E-state index contributed by atoms with van der Waals surface area (Å²) in [4.78, 5) is 56.6. The van der Waals surface area contributed by atoms with Gasteiger partial charge in [-0.25, -0.2) is 14.6 Å². The van der Waals surface area contributed by atoms with Crippen LogP contribution in [0.4, 0.5) is 9.93 Å². The number of anilines is 1. The van der Waals surface area contributed by atoms with Crippen molar-refractivity contribution in [3.05, 3.63) is 23.3 Å². The molecule has 1 fully saturated rings. The number of rotatable bonds is 10. The fourth-order valence-electron chi connectivity index (χ4n) is 3.54. The summed E-state index contributed by atoms with van der Waals surface area (Å²) in [6.45, 7) is 20.5. The number of alkyl carbamates (subject to hydrolysis) is 1. The molecule has 14 heteroatoms. The van der Waals surface area contributed by atoms with E-state index in [1.54, 1.807) is 5.38 Å². The van der Waals surface area contributed by atoms with Crippen LogP contribution in [0.25, 0.3) is 0 Å². The van der Waals surface area contributed by atoms with Crippen LogP contribution >= 0.6 is 11.3 Å². The number of carbonyl (C=O) groups is 4. The maximum absolute atomic E-state index is 13.2. The Kier molecular flexibility index (Phi) is 11.5. The highest BCUT2D eigenvalue weighted by atomic mass is 32.1. The molecule has 1 saturated heterocycles. The standard InChI is InChI=1S/C27H45N5O7SSi/c1-17(23(35)37-8)28-21(33)19(15-38-41(9,10)27(5,6)7)30-22(34)20-16-40-24(31-20)32-13-11-18(12-14-32)29-25(36)39-26(2,3)4/h16,18-19H,1,11-15H2,2-10H3,(H,28,33)(H,29,36)(H,30,34)/t19-/m0/s1. The van der Waals surface area contributed by atoms with Crippen LogP contribution in [0.2, 0.25) is 18.1 Å². The second-order valence-corrected chi connectivity index (χ2v) is 18.1. The van der Waals surface area contributed by atoms with E-state index in [1.807, 2.05) is 33.9 Å². The van der Waals surface area contributed by atoms with E-state index in [2.05, 4.69) is 57.9 Å². The third-order valence-corrected chi connectivity index (χ3v) is 12.4. The molecule has 0 radical (unpaired) electrons. The fourth-order valence-corrected chi connectivity index (χ4v) is 5.41. The minimum atomic E-state index is -2.26. The highest BCUT2D eigenvalue weighted by Crippen LogP contribution is 2.36. The predicted octanol–water partition coefficient (Wildman–Crippen LogP) is 3.56. The van der Waals surface area contributed by atoms with Crippen LogP contribution in [-0.2, 0) is 23.5 Å². The summed E-state index contributed by atoms with van der Waals surface area (Å²) in [5, 5.41) is 10.2. The SMILES string of the molecule is C=C(NC(=O)[C@H](CO[Si](C)(C)C(C)(C)C)NC(=O)c1csc(N2CCC(NC(=O)OC(C)(C)C)CC2)n1)C(=O)OC. The van der Waals surface area contributed by atoms with E-state index in [-0.39, 0.29) is 29.1 Å². The Hall–Kier alpha value is -2.97. The summed E-state index contributed by atoms with van der Waals surface area (Å²) in [5.74, 6) is -1.98. The molecular weight excluding hydrogens is 566 g/mol. The van der Waals surface area contributed by atoms with Crippen molar-refractivity contribution >= 4 is 48.7 Å². The molecule has 230 valence electrons. The summed E-state index contributed by atoms with van der Waals surface area (Å²) in [6, 6.07) is -1.11. The molecule has 0 spiro atoms. The van der Waals surface area contributed by atoms with Gasteiger partial charge in [-0.1, -0.05) is 27.4 Å². The van der Waals surface area contributed by atoms with E-state index in [0.29, 0.717) is 31.1 Å². The molecule has 1 aromatic rings. The van der Waals surface area contributed by atoms with Gasteiger partial charge < -0.3 is 34.8 Å². The van der Waals surface area contributed by atoms with Crippen molar-refractivity contribution in [2.24, 2.45) is 0 Å². The van der Waals surface area contributed by atoms with Gasteiger partial charge in [0, 0.05) is 24.5 Å². The van der Waals surface area contributed by atoms with Gasteiger partial charge in [0.2, 0.25) is 5.91 Å². The maximum atomic E-state index is 13.2. The van der Waals surface area contributed by atoms with E-state index < -0.39 is 43.8 Å². The zero-order chi connectivity index (χ0) is 31.2. The van der Waals surface area contributed by atoms with Gasteiger partial charge in [0.05, 0.1) is 13.7 Å². The Bertz CT molecular complexity index is 1120. The monoisotopic (exact) mass is 611 g/mol. The molecule has 0 aliphatic carbocycles. The normalized spacial score (nSPS) is 15.5. The first-order valence-electron chi connectivity index (χ1n) is 13.6. The van der Waals surface area contributed by atoms with Gasteiger partial charge in [0.25, 0.3) is 5.91 Å². The van der Waals surface area contributed by atoms with Crippen LogP contribution in [0.1, 0.15) is 64.9 Å². The Morgan fingerprint density at radius 2 is 1.76 bits per heavy atom. The molecule has 0 unspecified atom stereocenters. The number of aromatic nitrogens is 1. The molecule has 41 heavy (non-hydrogen) atoms. The molecule has 0 bridgehead atoms. The molecule has 1 aliphatic heterocycles. The zero-order valence-corrected chi connectivity index (χ0v) is 27.5. The lowest BCUT2D eigenvalue weighted by Crippen LogP contribution is -2.52. The number of ether oxygens (including phenoxy) is 2. The lowest BCUT2D eigenvalue weighted by molar-refractivity contribution is -0.138. The van der Waals surface area contributed by atoms with Crippen molar-refractivity contribution in [2.45, 2.75) is 90.2 Å². The molecule has 3 amide bonds. The highest BCUT2D eigenvalue weighted by molar-refractivity contribution is 7.13. The van der Waals surface area contributed by atoms with E-state index in [1.165, 1.54) is 18.4 Å². The molecule has 3 N–H and O–H groups in total. The Balaban J connectivity index is 2.05. The number of esters is 1. The molecule has 1 atom stereocenters. The summed E-state index contributed by atoms with van der Waals surface area (Å²) in [7, 11) is -1.08. The van der Waals surface area contributed by atoms with Crippen molar-refractivity contribution < 1.29 is 33.1 Å². The molecule has 1 aliphatic rings. The van der Waals surface area contributed by atoms with Gasteiger partial charge in [-0.05, 0) is 51.7 Å². The van der Waals surface area contributed by atoms with Crippen molar-refractivity contribution in [3.8, 4) is 0 Å². The number of carbonyl (C=O) groups excluding carboxylic acids is 4. The average molecular weight is 612 g/mol. The molecule has 2 heterocycles. The quantitative estimate of drug-likeness (QED) is 0.205. The summed E-state index contributed by atoms with van der Waals surface area (Å²) >= 11 is 1.32. The number of thiazole rings is 1. The molecule has 1 aromatic heterocycles. The number of nitrogens with zero attached hydrogens (tertiary/aromatic N) is 2. The van der Waals surface area contributed by atoms with Crippen LogP contribution in [0.15, 0.2) is 17.7 Å². The number of piperidine rings is 1. The molecule has 0 saturated carbocycles. The number of methoxy groups -OCH3 is 1. The fraction of sp³-hybridized carbons (Fsp3) is 0.667. The smallest absolute Gasteiger partial charge is 0.407 e. The lowest BCUT2D eigenvalue weighted by Gasteiger charge is -2.37. The Morgan fingerprint density at radius 3 is 2.29 bits per heavy atom. The molecule has 2 rings (SSSR count). The second kappa shape index (κ2) is 13.8. The summed E-state index contributed by atoms with van der Waals surface area (Å²) < 4.78 is 16.1. The van der Waals surface area contributed by atoms with Gasteiger partial charge in [-0.15, -0.1) is 11.3 Å². The minimum absolute atomic E-state index is 0.0104. The topological polar surface area (TPSA) is 148 Å². The van der Waals surface area contributed by atoms with Crippen molar-refractivity contribution in [3.63, 3.8) is 0 Å². The zero-order valence-electron chi connectivity index (χ0n) is 25.6. The van der Waals surface area contributed by atoms with E-state index in [4.69, 9.17) is 9.16 Å².